The number of fused-ring (bicyclic) bond motifs is 1. The number of anilines is 3. The van der Waals surface area contributed by atoms with Crippen molar-refractivity contribution in [2.75, 3.05) is 50.6 Å². The molecule has 10 heteroatoms. The summed E-state index contributed by atoms with van der Waals surface area (Å²) in [5.74, 6) is 1.54. The maximum atomic E-state index is 13.3. The number of aromatic nitrogens is 3. The Hall–Kier alpha value is -3.66. The minimum Gasteiger partial charge on any atom is -0.494 e. The van der Waals surface area contributed by atoms with E-state index in [-0.39, 0.29) is 29.5 Å². The Labute approximate surface area is 234 Å². The van der Waals surface area contributed by atoms with Crippen LogP contribution in [0, 0.1) is 12.8 Å². The first kappa shape index (κ1) is 26.6. The van der Waals surface area contributed by atoms with Crippen molar-refractivity contribution in [3.63, 3.8) is 0 Å². The predicted octanol–water partition coefficient (Wildman–Crippen LogP) is 3.61. The molecule has 0 unspecified atom stereocenters. The van der Waals surface area contributed by atoms with Crippen LogP contribution in [0.25, 0.3) is 11.0 Å². The molecule has 1 amide bonds. The topological polar surface area (TPSA) is 105 Å². The summed E-state index contributed by atoms with van der Waals surface area (Å²) in [7, 11) is 3.82. The summed E-state index contributed by atoms with van der Waals surface area (Å²) in [6.45, 7) is 5.95. The summed E-state index contributed by atoms with van der Waals surface area (Å²) in [5.41, 5.74) is 3.36. The molecule has 3 fully saturated rings. The normalized spacial score (nSPS) is 21.8. The highest BCUT2D eigenvalue weighted by Crippen LogP contribution is 2.34. The van der Waals surface area contributed by atoms with Crippen LogP contribution in [-0.4, -0.2) is 71.7 Å². The number of ether oxygens (including phenoxy) is 1. The number of carbonyl (C=O) groups is 1. The second kappa shape index (κ2) is 11.1. The minimum atomic E-state index is -0.0470. The van der Waals surface area contributed by atoms with E-state index in [0.29, 0.717) is 17.3 Å². The molecule has 1 aromatic carbocycles. The van der Waals surface area contributed by atoms with E-state index >= 15 is 0 Å². The van der Waals surface area contributed by atoms with Crippen LogP contribution < -0.4 is 25.8 Å². The molecule has 2 aliphatic carbocycles. The molecule has 2 N–H and O–H groups in total. The molecular weight excluding hydrogens is 506 g/mol. The number of benzene rings is 1. The number of pyridine rings is 1. The Morgan fingerprint density at radius 2 is 1.77 bits per heavy atom. The zero-order valence-corrected chi connectivity index (χ0v) is 23.7. The van der Waals surface area contributed by atoms with Crippen molar-refractivity contribution in [2.24, 2.45) is 5.92 Å². The highest BCUT2D eigenvalue weighted by Gasteiger charge is 2.32. The third-order valence-electron chi connectivity index (χ3n) is 8.66. The highest BCUT2D eigenvalue weighted by atomic mass is 16.5. The van der Waals surface area contributed by atoms with Crippen molar-refractivity contribution in [2.45, 2.75) is 57.5 Å². The maximum Gasteiger partial charge on any atom is 0.252 e. The van der Waals surface area contributed by atoms with Crippen molar-refractivity contribution in [1.29, 1.82) is 0 Å². The van der Waals surface area contributed by atoms with Gasteiger partial charge in [0.2, 0.25) is 11.9 Å². The van der Waals surface area contributed by atoms with E-state index in [1.807, 2.05) is 17.6 Å². The number of aryl methyl sites for hydroxylation is 1. The lowest BCUT2D eigenvalue weighted by Gasteiger charge is -2.34. The van der Waals surface area contributed by atoms with Crippen LogP contribution in [0.2, 0.25) is 0 Å². The molecule has 10 nitrogen and oxygen atoms in total. The minimum absolute atomic E-state index is 0.0323. The molecule has 2 saturated carbocycles. The van der Waals surface area contributed by atoms with Crippen LogP contribution in [0.1, 0.15) is 50.1 Å². The van der Waals surface area contributed by atoms with E-state index in [1.165, 1.54) is 0 Å². The molecule has 1 saturated heterocycles. The van der Waals surface area contributed by atoms with Gasteiger partial charge in [0.1, 0.15) is 11.4 Å². The van der Waals surface area contributed by atoms with Gasteiger partial charge in [-0.1, -0.05) is 0 Å². The third-order valence-corrected chi connectivity index (χ3v) is 8.66. The van der Waals surface area contributed by atoms with Crippen molar-refractivity contribution >= 4 is 34.3 Å². The quantitative estimate of drug-likeness (QED) is 0.464. The first-order valence-corrected chi connectivity index (χ1v) is 14.5. The van der Waals surface area contributed by atoms with Gasteiger partial charge in [0, 0.05) is 73.6 Å². The van der Waals surface area contributed by atoms with Crippen LogP contribution in [0.4, 0.5) is 17.3 Å². The number of methoxy groups -OCH3 is 1. The predicted molar refractivity (Wildman–Crippen MR) is 157 cm³/mol. The van der Waals surface area contributed by atoms with Crippen LogP contribution >= 0.6 is 0 Å². The molecule has 40 heavy (non-hydrogen) atoms. The van der Waals surface area contributed by atoms with Crippen molar-refractivity contribution in [1.82, 2.24) is 24.8 Å². The molecule has 6 rings (SSSR count). The highest BCUT2D eigenvalue weighted by molar-refractivity contribution is 5.81. The molecule has 0 radical (unpaired) electrons. The maximum absolute atomic E-state index is 13.3. The standard InChI is InChI=1S/C30H39N7O3/c1-19-16-27(38)37(22-8-6-21(7-9-22)32-29(39)20-4-5-20)28-24(19)18-31-30(34-28)33-25-11-10-23(17-26(25)40-3)36-14-12-35(2)13-15-36/h10-11,16-18,20-22H,4-9,12-15H2,1-3H3,(H,32,39)(H,31,33,34). The number of carbonyl (C=O) groups excluding carboxylic acids is 1. The summed E-state index contributed by atoms with van der Waals surface area (Å²) in [6, 6.07) is 8.04. The monoisotopic (exact) mass is 545 g/mol. The van der Waals surface area contributed by atoms with Crippen molar-refractivity contribution < 1.29 is 9.53 Å². The van der Waals surface area contributed by atoms with Gasteiger partial charge < -0.3 is 25.2 Å². The second-order valence-electron chi connectivity index (χ2n) is 11.6. The summed E-state index contributed by atoms with van der Waals surface area (Å²) in [6.07, 6.45) is 7.17. The van der Waals surface area contributed by atoms with Gasteiger partial charge in [-0.2, -0.15) is 4.98 Å². The SMILES string of the molecule is COc1cc(N2CCN(C)CC2)ccc1Nc1ncc2c(C)cc(=O)n(C3CCC(NC(=O)C4CC4)CC3)c2n1. The second-order valence-corrected chi connectivity index (χ2v) is 11.6. The van der Waals surface area contributed by atoms with Gasteiger partial charge in [-0.15, -0.1) is 0 Å². The van der Waals surface area contributed by atoms with Crippen LogP contribution in [0.3, 0.4) is 0 Å². The van der Waals surface area contributed by atoms with Gasteiger partial charge in [-0.05, 0) is 70.2 Å². The molecule has 0 spiro atoms. The van der Waals surface area contributed by atoms with Crippen molar-refractivity contribution in [3.05, 3.63) is 46.4 Å². The summed E-state index contributed by atoms with van der Waals surface area (Å²) >= 11 is 0. The molecule has 2 aromatic heterocycles. The fraction of sp³-hybridized carbons (Fsp3) is 0.533. The number of likely N-dealkylation sites (N-methyl/N-ethyl adjacent to an activating group) is 1. The molecule has 3 heterocycles. The Bertz CT molecular complexity index is 1450. The van der Waals surface area contributed by atoms with Gasteiger partial charge in [0.05, 0.1) is 12.8 Å². The largest absolute Gasteiger partial charge is 0.494 e. The lowest BCUT2D eigenvalue weighted by molar-refractivity contribution is -0.123. The summed E-state index contributed by atoms with van der Waals surface area (Å²) in [5, 5.41) is 7.41. The average Bonchev–Trinajstić information content (AvgIpc) is 3.80. The van der Waals surface area contributed by atoms with E-state index in [0.717, 1.165) is 87.0 Å². The van der Waals surface area contributed by atoms with Crippen LogP contribution in [-0.2, 0) is 4.79 Å². The summed E-state index contributed by atoms with van der Waals surface area (Å²) < 4.78 is 7.57. The van der Waals surface area contributed by atoms with Gasteiger partial charge in [-0.3, -0.25) is 14.2 Å². The first-order chi connectivity index (χ1) is 19.4. The zero-order valence-electron chi connectivity index (χ0n) is 23.7. The average molecular weight is 546 g/mol. The number of nitrogens with one attached hydrogen (secondary N) is 2. The molecule has 212 valence electrons. The number of nitrogens with zero attached hydrogens (tertiary/aromatic N) is 5. The Morgan fingerprint density at radius 3 is 2.48 bits per heavy atom. The number of amides is 1. The van der Waals surface area contributed by atoms with Crippen LogP contribution in [0.15, 0.2) is 35.3 Å². The number of piperazine rings is 1. The molecular formula is C30H39N7O3. The van der Waals surface area contributed by atoms with Gasteiger partial charge in [0.15, 0.2) is 0 Å². The van der Waals surface area contributed by atoms with E-state index in [1.54, 1.807) is 19.4 Å². The molecule has 0 atom stereocenters. The Balaban J connectivity index is 1.24. The lowest BCUT2D eigenvalue weighted by atomic mass is 9.90. The van der Waals surface area contributed by atoms with E-state index in [4.69, 9.17) is 9.72 Å². The summed E-state index contributed by atoms with van der Waals surface area (Å²) in [4.78, 5) is 39.7. The van der Waals surface area contributed by atoms with Gasteiger partial charge in [0.25, 0.3) is 5.56 Å². The van der Waals surface area contributed by atoms with Crippen molar-refractivity contribution in [3.8, 4) is 5.75 Å². The Morgan fingerprint density at radius 1 is 1.02 bits per heavy atom. The molecule has 0 bridgehead atoms. The number of hydrogen-bond donors (Lipinski definition) is 2. The number of hydrogen-bond acceptors (Lipinski definition) is 8. The van der Waals surface area contributed by atoms with E-state index in [9.17, 15) is 9.59 Å². The number of rotatable bonds is 7. The van der Waals surface area contributed by atoms with E-state index < -0.39 is 0 Å². The first-order valence-electron chi connectivity index (χ1n) is 14.5. The van der Waals surface area contributed by atoms with E-state index in [2.05, 4.69) is 44.6 Å². The van der Waals surface area contributed by atoms with Gasteiger partial charge >= 0.3 is 0 Å². The Kier molecular flexibility index (Phi) is 7.35. The third kappa shape index (κ3) is 5.50. The zero-order chi connectivity index (χ0) is 27.8. The smallest absolute Gasteiger partial charge is 0.252 e. The molecule has 3 aliphatic rings. The lowest BCUT2D eigenvalue weighted by Crippen LogP contribution is -2.44. The fourth-order valence-electron chi connectivity index (χ4n) is 5.99. The van der Waals surface area contributed by atoms with Gasteiger partial charge in [-0.25, -0.2) is 4.98 Å². The fourth-order valence-corrected chi connectivity index (χ4v) is 5.99. The molecule has 1 aliphatic heterocycles. The van der Waals surface area contributed by atoms with Crippen LogP contribution in [0.5, 0.6) is 5.75 Å². The molecule has 3 aromatic rings.